The number of rotatable bonds is 4. The normalized spacial score (nSPS) is 19.2. The summed E-state index contributed by atoms with van der Waals surface area (Å²) in [5.74, 6) is 0.996. The molecule has 1 aliphatic rings. The molecule has 2 aromatic rings. The van der Waals surface area contributed by atoms with E-state index in [1.807, 2.05) is 49.4 Å². The smallest absolute Gasteiger partial charge is 0.269 e. The summed E-state index contributed by atoms with van der Waals surface area (Å²) in [7, 11) is 1.62. The molecule has 1 amide bonds. The molecule has 0 saturated carbocycles. The fourth-order valence-corrected chi connectivity index (χ4v) is 2.53. The van der Waals surface area contributed by atoms with Gasteiger partial charge in [-0.15, -0.1) is 0 Å². The van der Waals surface area contributed by atoms with Crippen LogP contribution in [0.4, 0.5) is 5.69 Å². The zero-order valence-corrected chi connectivity index (χ0v) is 13.1. The van der Waals surface area contributed by atoms with E-state index in [2.05, 4.69) is 5.32 Å². The minimum Gasteiger partial charge on any atom is -0.482 e. The lowest BCUT2D eigenvalue weighted by Gasteiger charge is -2.31. The van der Waals surface area contributed by atoms with E-state index in [1.54, 1.807) is 13.2 Å². The lowest BCUT2D eigenvalue weighted by Crippen LogP contribution is -2.46. The Bertz CT molecular complexity index is 701. The molecule has 0 spiro atoms. The highest BCUT2D eigenvalue weighted by Crippen LogP contribution is 2.33. The van der Waals surface area contributed by atoms with Gasteiger partial charge in [0, 0.05) is 18.4 Å². The lowest BCUT2D eigenvalue weighted by molar-refractivity contribution is -0.128. The van der Waals surface area contributed by atoms with Crippen LogP contribution in [-0.4, -0.2) is 25.2 Å². The third-order valence-corrected chi connectivity index (χ3v) is 3.68. The van der Waals surface area contributed by atoms with E-state index in [0.29, 0.717) is 23.8 Å². The molecule has 23 heavy (non-hydrogen) atoms. The lowest BCUT2D eigenvalue weighted by atomic mass is 10.1. The molecule has 0 radical (unpaired) electrons. The Hall–Kier alpha value is -2.53. The van der Waals surface area contributed by atoms with E-state index in [1.165, 1.54) is 0 Å². The predicted molar refractivity (Wildman–Crippen MR) is 86.7 cm³/mol. The van der Waals surface area contributed by atoms with Crippen LogP contribution in [0.3, 0.4) is 0 Å². The Labute approximate surface area is 135 Å². The van der Waals surface area contributed by atoms with E-state index in [0.717, 1.165) is 5.56 Å². The molecule has 0 aliphatic carbocycles. The largest absolute Gasteiger partial charge is 0.482 e. The molecule has 1 heterocycles. The minimum absolute atomic E-state index is 0.240. The second-order valence-corrected chi connectivity index (χ2v) is 5.39. The summed E-state index contributed by atoms with van der Waals surface area (Å²) in [5, 5.41) is 2.90. The van der Waals surface area contributed by atoms with E-state index in [4.69, 9.17) is 14.2 Å². The molecule has 0 fully saturated rings. The molecule has 0 saturated heterocycles. The molecule has 5 nitrogen and oxygen atoms in total. The highest BCUT2D eigenvalue weighted by Gasteiger charge is 2.34. The number of hydrogen-bond donors (Lipinski definition) is 1. The van der Waals surface area contributed by atoms with Gasteiger partial charge in [-0.25, -0.2) is 0 Å². The summed E-state index contributed by atoms with van der Waals surface area (Å²) < 4.78 is 16.7. The molecular formula is C18H19NO4. The van der Waals surface area contributed by atoms with Crippen LogP contribution in [-0.2, 0) is 16.1 Å². The van der Waals surface area contributed by atoms with Crippen LogP contribution in [0.2, 0.25) is 0 Å². The van der Waals surface area contributed by atoms with Crippen molar-refractivity contribution in [2.24, 2.45) is 0 Å². The van der Waals surface area contributed by atoms with Gasteiger partial charge in [-0.1, -0.05) is 30.3 Å². The van der Waals surface area contributed by atoms with Crippen LogP contribution in [0.5, 0.6) is 11.5 Å². The number of methoxy groups -OCH3 is 1. The van der Waals surface area contributed by atoms with Crippen LogP contribution in [0.1, 0.15) is 12.5 Å². The number of nitrogens with one attached hydrogen (secondary N) is 1. The van der Waals surface area contributed by atoms with Gasteiger partial charge in [0.2, 0.25) is 6.10 Å². The topological polar surface area (TPSA) is 56.8 Å². The van der Waals surface area contributed by atoms with Gasteiger partial charge in [-0.2, -0.15) is 0 Å². The summed E-state index contributed by atoms with van der Waals surface area (Å²) in [6.45, 7) is 2.25. The molecule has 0 unspecified atom stereocenters. The quantitative estimate of drug-likeness (QED) is 0.943. The van der Waals surface area contributed by atoms with E-state index >= 15 is 0 Å². The van der Waals surface area contributed by atoms with Gasteiger partial charge < -0.3 is 19.5 Å². The van der Waals surface area contributed by atoms with Crippen molar-refractivity contribution in [2.75, 3.05) is 12.4 Å². The Morgan fingerprint density at radius 2 is 1.74 bits per heavy atom. The third kappa shape index (κ3) is 3.29. The first-order valence-electron chi connectivity index (χ1n) is 7.49. The van der Waals surface area contributed by atoms with Crippen molar-refractivity contribution >= 4 is 11.6 Å². The fourth-order valence-electron chi connectivity index (χ4n) is 2.53. The number of fused-ring (bicyclic) bond motifs is 1. The molecule has 2 aromatic carbocycles. The van der Waals surface area contributed by atoms with Crippen LogP contribution in [0.15, 0.2) is 48.5 Å². The monoisotopic (exact) mass is 313 g/mol. The van der Waals surface area contributed by atoms with Gasteiger partial charge in [0.25, 0.3) is 5.91 Å². The number of hydrogen-bond acceptors (Lipinski definition) is 4. The number of benzene rings is 2. The zero-order valence-electron chi connectivity index (χ0n) is 13.1. The van der Waals surface area contributed by atoms with Crippen molar-refractivity contribution in [1.29, 1.82) is 0 Å². The Morgan fingerprint density at radius 3 is 2.48 bits per heavy atom. The molecule has 1 aliphatic heterocycles. The predicted octanol–water partition coefficient (Wildman–Crippen LogP) is 3.00. The molecule has 2 atom stereocenters. The summed E-state index contributed by atoms with van der Waals surface area (Å²) in [4.78, 5) is 12.6. The number of carbonyl (C=O) groups is 1. The molecule has 0 bridgehead atoms. The number of carbonyl (C=O) groups excluding carboxylic acids is 1. The first-order chi connectivity index (χ1) is 11.2. The van der Waals surface area contributed by atoms with Crippen LogP contribution in [0, 0.1) is 0 Å². The number of para-hydroxylation sites is 3. The maximum atomic E-state index is 12.6. The van der Waals surface area contributed by atoms with E-state index < -0.39 is 6.10 Å². The standard InChI is InChI=1S/C18H19NO4/c1-12-17(23-16-10-6-5-9-15(16)22-12)18(20)19-14-8-4-3-7-13(14)11-21-2/h3-10,12,17H,11H2,1-2H3,(H,19,20)/t12-,17+/m0/s1. The fraction of sp³-hybridized carbons (Fsp3) is 0.278. The van der Waals surface area contributed by atoms with E-state index in [9.17, 15) is 4.79 Å². The summed E-state index contributed by atoms with van der Waals surface area (Å²) in [5.41, 5.74) is 1.63. The number of anilines is 1. The van der Waals surface area contributed by atoms with Crippen LogP contribution < -0.4 is 14.8 Å². The highest BCUT2D eigenvalue weighted by atomic mass is 16.6. The van der Waals surface area contributed by atoms with Crippen molar-refractivity contribution in [1.82, 2.24) is 0 Å². The third-order valence-electron chi connectivity index (χ3n) is 3.68. The first kappa shape index (κ1) is 15.4. The van der Waals surface area contributed by atoms with E-state index in [-0.39, 0.29) is 12.0 Å². The van der Waals surface area contributed by atoms with Crippen molar-refractivity contribution in [3.63, 3.8) is 0 Å². The summed E-state index contributed by atoms with van der Waals surface area (Å²) in [6.07, 6.45) is -1.08. The maximum Gasteiger partial charge on any atom is 0.269 e. The molecular weight excluding hydrogens is 294 g/mol. The highest BCUT2D eigenvalue weighted by molar-refractivity contribution is 5.95. The molecule has 5 heteroatoms. The van der Waals surface area contributed by atoms with Crippen molar-refractivity contribution in [2.45, 2.75) is 25.7 Å². The van der Waals surface area contributed by atoms with Crippen LogP contribution in [0.25, 0.3) is 0 Å². The first-order valence-corrected chi connectivity index (χ1v) is 7.49. The Balaban J connectivity index is 1.76. The van der Waals surface area contributed by atoms with Gasteiger partial charge in [-0.05, 0) is 25.1 Å². The number of amides is 1. The second kappa shape index (κ2) is 6.71. The van der Waals surface area contributed by atoms with Gasteiger partial charge >= 0.3 is 0 Å². The second-order valence-electron chi connectivity index (χ2n) is 5.39. The molecule has 120 valence electrons. The maximum absolute atomic E-state index is 12.6. The van der Waals surface area contributed by atoms with Crippen molar-refractivity contribution < 1.29 is 19.0 Å². The van der Waals surface area contributed by atoms with Gasteiger partial charge in [0.15, 0.2) is 11.5 Å². The summed E-state index contributed by atoms with van der Waals surface area (Å²) >= 11 is 0. The minimum atomic E-state index is -0.708. The SMILES string of the molecule is COCc1ccccc1NC(=O)[C@@H]1Oc2ccccc2O[C@H]1C. The number of ether oxygens (including phenoxy) is 3. The van der Waals surface area contributed by atoms with Gasteiger partial charge in [-0.3, -0.25) is 4.79 Å². The molecule has 1 N–H and O–H groups in total. The van der Waals surface area contributed by atoms with Gasteiger partial charge in [0.05, 0.1) is 6.61 Å². The molecule has 0 aromatic heterocycles. The van der Waals surface area contributed by atoms with Crippen molar-refractivity contribution in [3.8, 4) is 11.5 Å². The average Bonchev–Trinajstić information content (AvgIpc) is 2.56. The van der Waals surface area contributed by atoms with Gasteiger partial charge in [0.1, 0.15) is 6.10 Å². The van der Waals surface area contributed by atoms with Crippen LogP contribution >= 0.6 is 0 Å². The molecule has 3 rings (SSSR count). The average molecular weight is 313 g/mol. The zero-order chi connectivity index (χ0) is 16.2. The van der Waals surface area contributed by atoms with Crippen molar-refractivity contribution in [3.05, 3.63) is 54.1 Å². The summed E-state index contributed by atoms with van der Waals surface area (Å²) in [6, 6.07) is 14.9. The Morgan fingerprint density at radius 1 is 1.09 bits per heavy atom. The Kier molecular flexibility index (Phi) is 4.48.